The number of hydrogen-bond acceptors (Lipinski definition) is 3. The number of aryl methyl sites for hydroxylation is 1. The molecule has 0 saturated carbocycles. The first-order valence-electron chi connectivity index (χ1n) is 5.83. The molecule has 0 aliphatic rings. The van der Waals surface area contributed by atoms with Crippen LogP contribution in [0, 0.1) is 6.92 Å². The fourth-order valence-electron chi connectivity index (χ4n) is 1.93. The van der Waals surface area contributed by atoms with Gasteiger partial charge in [-0.3, -0.25) is 4.98 Å². The van der Waals surface area contributed by atoms with Crippen LogP contribution in [0.2, 0.25) is 0 Å². The second kappa shape index (κ2) is 5.15. The number of hydrogen-bond donors (Lipinski definition) is 1. The maximum absolute atomic E-state index is 5.23. The fourth-order valence-corrected chi connectivity index (χ4v) is 1.93. The van der Waals surface area contributed by atoms with E-state index in [-0.39, 0.29) is 0 Å². The third-order valence-electron chi connectivity index (χ3n) is 2.96. The first kappa shape index (κ1) is 11.9. The molecule has 1 N–H and O–H groups in total. The molecule has 0 amide bonds. The van der Waals surface area contributed by atoms with E-state index in [2.05, 4.69) is 23.3 Å². The van der Waals surface area contributed by atoms with E-state index in [4.69, 9.17) is 4.74 Å². The summed E-state index contributed by atoms with van der Waals surface area (Å²) in [6, 6.07) is 8.19. The largest absolute Gasteiger partial charge is 0.497 e. The number of fused-ring (bicyclic) bond motifs is 1. The molecule has 0 atom stereocenters. The van der Waals surface area contributed by atoms with Gasteiger partial charge in [-0.05, 0) is 56.8 Å². The summed E-state index contributed by atoms with van der Waals surface area (Å²) >= 11 is 0. The third kappa shape index (κ3) is 2.56. The minimum absolute atomic E-state index is 0.878. The van der Waals surface area contributed by atoms with Crippen molar-refractivity contribution in [3.63, 3.8) is 0 Å². The minimum Gasteiger partial charge on any atom is -0.497 e. The van der Waals surface area contributed by atoms with Crippen molar-refractivity contribution in [2.75, 3.05) is 20.7 Å². The number of methoxy groups -OCH3 is 1. The lowest BCUT2D eigenvalue weighted by Crippen LogP contribution is -2.11. The van der Waals surface area contributed by atoms with Crippen LogP contribution >= 0.6 is 0 Å². The van der Waals surface area contributed by atoms with Crippen LogP contribution in [0.15, 0.2) is 24.3 Å². The molecule has 0 unspecified atom stereocenters. The fraction of sp³-hybridized carbons (Fsp3) is 0.357. The van der Waals surface area contributed by atoms with Crippen LogP contribution in [0.4, 0.5) is 0 Å². The average molecular weight is 230 g/mol. The van der Waals surface area contributed by atoms with Crippen molar-refractivity contribution in [3.05, 3.63) is 35.5 Å². The second-order valence-corrected chi connectivity index (χ2v) is 4.15. The van der Waals surface area contributed by atoms with Gasteiger partial charge in [0.25, 0.3) is 0 Å². The third-order valence-corrected chi connectivity index (χ3v) is 2.96. The lowest BCUT2D eigenvalue weighted by Gasteiger charge is -2.08. The Labute approximate surface area is 102 Å². The van der Waals surface area contributed by atoms with Crippen LogP contribution in [0.3, 0.4) is 0 Å². The molecule has 0 spiro atoms. The van der Waals surface area contributed by atoms with Crippen LogP contribution < -0.4 is 10.1 Å². The van der Waals surface area contributed by atoms with E-state index < -0.39 is 0 Å². The number of nitrogens with one attached hydrogen (secondary N) is 1. The van der Waals surface area contributed by atoms with Gasteiger partial charge in [0.1, 0.15) is 5.75 Å². The van der Waals surface area contributed by atoms with Crippen molar-refractivity contribution in [1.29, 1.82) is 0 Å². The van der Waals surface area contributed by atoms with E-state index in [9.17, 15) is 0 Å². The maximum atomic E-state index is 5.23. The van der Waals surface area contributed by atoms with Crippen LogP contribution in [0.25, 0.3) is 10.9 Å². The summed E-state index contributed by atoms with van der Waals surface area (Å²) in [5.74, 6) is 0.878. The van der Waals surface area contributed by atoms with Gasteiger partial charge in [0.15, 0.2) is 0 Å². The quantitative estimate of drug-likeness (QED) is 0.875. The van der Waals surface area contributed by atoms with Gasteiger partial charge >= 0.3 is 0 Å². The van der Waals surface area contributed by atoms with Gasteiger partial charge in [-0.15, -0.1) is 0 Å². The summed E-state index contributed by atoms with van der Waals surface area (Å²) in [7, 11) is 3.65. The Bertz CT molecular complexity index is 523. The van der Waals surface area contributed by atoms with Crippen LogP contribution in [-0.2, 0) is 6.42 Å². The highest BCUT2D eigenvalue weighted by molar-refractivity contribution is 5.81. The Morgan fingerprint density at radius 2 is 2.12 bits per heavy atom. The zero-order valence-corrected chi connectivity index (χ0v) is 10.6. The molecule has 1 heterocycles. The Hall–Kier alpha value is -1.61. The highest BCUT2D eigenvalue weighted by Gasteiger charge is 2.04. The lowest BCUT2D eigenvalue weighted by molar-refractivity contribution is 0.415. The molecule has 0 aliphatic heterocycles. The van der Waals surface area contributed by atoms with Crippen molar-refractivity contribution >= 4 is 10.9 Å². The molecule has 0 saturated heterocycles. The molecule has 3 heteroatoms. The van der Waals surface area contributed by atoms with Gasteiger partial charge in [-0.1, -0.05) is 0 Å². The zero-order valence-electron chi connectivity index (χ0n) is 10.6. The Morgan fingerprint density at radius 3 is 2.82 bits per heavy atom. The number of ether oxygens (including phenoxy) is 1. The summed E-state index contributed by atoms with van der Waals surface area (Å²) in [6.07, 6.45) is 1.00. The molecule has 3 nitrogen and oxygen atoms in total. The molecule has 1 aromatic heterocycles. The average Bonchev–Trinajstić information content (AvgIpc) is 2.35. The molecule has 0 aliphatic carbocycles. The molecule has 90 valence electrons. The number of pyridine rings is 1. The van der Waals surface area contributed by atoms with Gasteiger partial charge in [0.2, 0.25) is 0 Å². The number of benzene rings is 1. The summed E-state index contributed by atoms with van der Waals surface area (Å²) < 4.78 is 5.23. The Kier molecular flexibility index (Phi) is 3.59. The standard InChI is InChI=1S/C14H18N2O/c1-10-11(6-7-15-2)8-12-9-13(17-3)4-5-14(12)16-10/h4-5,8-9,15H,6-7H2,1-3H3. The maximum Gasteiger partial charge on any atom is 0.119 e. The van der Waals surface area contributed by atoms with E-state index in [1.807, 2.05) is 25.2 Å². The van der Waals surface area contributed by atoms with E-state index >= 15 is 0 Å². The molecule has 17 heavy (non-hydrogen) atoms. The smallest absolute Gasteiger partial charge is 0.119 e. The first-order chi connectivity index (χ1) is 8.24. The highest BCUT2D eigenvalue weighted by Crippen LogP contribution is 2.21. The normalized spacial score (nSPS) is 10.8. The predicted molar refractivity (Wildman–Crippen MR) is 70.7 cm³/mol. The van der Waals surface area contributed by atoms with E-state index in [1.54, 1.807) is 7.11 Å². The van der Waals surface area contributed by atoms with Gasteiger partial charge < -0.3 is 10.1 Å². The zero-order chi connectivity index (χ0) is 12.3. The van der Waals surface area contributed by atoms with E-state index in [0.717, 1.165) is 35.3 Å². The molecule has 1 aromatic carbocycles. The molecule has 0 fully saturated rings. The molecule has 2 rings (SSSR count). The van der Waals surface area contributed by atoms with Crippen LogP contribution in [-0.4, -0.2) is 25.7 Å². The highest BCUT2D eigenvalue weighted by atomic mass is 16.5. The number of likely N-dealkylation sites (N-methyl/N-ethyl adjacent to an activating group) is 1. The predicted octanol–water partition coefficient (Wildman–Crippen LogP) is 2.31. The van der Waals surface area contributed by atoms with Crippen LogP contribution in [0.5, 0.6) is 5.75 Å². The molecule has 0 bridgehead atoms. The summed E-state index contributed by atoms with van der Waals surface area (Å²) in [4.78, 5) is 4.62. The van der Waals surface area contributed by atoms with Gasteiger partial charge in [-0.25, -0.2) is 0 Å². The molecular weight excluding hydrogens is 212 g/mol. The monoisotopic (exact) mass is 230 g/mol. The van der Waals surface area contributed by atoms with Gasteiger partial charge in [0.05, 0.1) is 12.6 Å². The van der Waals surface area contributed by atoms with Crippen molar-refractivity contribution in [3.8, 4) is 5.75 Å². The second-order valence-electron chi connectivity index (χ2n) is 4.15. The molecular formula is C14H18N2O. The molecule has 0 radical (unpaired) electrons. The van der Waals surface area contributed by atoms with Gasteiger partial charge in [-0.2, -0.15) is 0 Å². The Balaban J connectivity index is 2.44. The van der Waals surface area contributed by atoms with Gasteiger partial charge in [0, 0.05) is 11.1 Å². The molecule has 2 aromatic rings. The summed E-state index contributed by atoms with van der Waals surface area (Å²) in [5, 5.41) is 4.30. The summed E-state index contributed by atoms with van der Waals surface area (Å²) in [5.41, 5.74) is 3.43. The van der Waals surface area contributed by atoms with E-state index in [1.165, 1.54) is 5.56 Å². The number of rotatable bonds is 4. The number of aromatic nitrogens is 1. The first-order valence-corrected chi connectivity index (χ1v) is 5.83. The van der Waals surface area contributed by atoms with E-state index in [0.29, 0.717) is 0 Å². The Morgan fingerprint density at radius 1 is 1.29 bits per heavy atom. The lowest BCUT2D eigenvalue weighted by atomic mass is 10.1. The van der Waals surface area contributed by atoms with Crippen molar-refractivity contribution in [2.24, 2.45) is 0 Å². The van der Waals surface area contributed by atoms with Crippen molar-refractivity contribution < 1.29 is 4.74 Å². The minimum atomic E-state index is 0.878. The van der Waals surface area contributed by atoms with Crippen molar-refractivity contribution in [2.45, 2.75) is 13.3 Å². The van der Waals surface area contributed by atoms with Crippen molar-refractivity contribution in [1.82, 2.24) is 10.3 Å². The topological polar surface area (TPSA) is 34.1 Å². The summed E-state index contributed by atoms with van der Waals surface area (Å²) in [6.45, 7) is 3.03. The SMILES string of the molecule is CNCCc1cc2cc(OC)ccc2nc1C. The number of nitrogens with zero attached hydrogens (tertiary/aromatic N) is 1. The van der Waals surface area contributed by atoms with Crippen LogP contribution in [0.1, 0.15) is 11.3 Å².